The van der Waals surface area contributed by atoms with Gasteiger partial charge in [-0.05, 0) is 37.9 Å². The Morgan fingerprint density at radius 2 is 2.26 bits per heavy atom. The zero-order chi connectivity index (χ0) is 24.4. The number of carbonyl (C=O) groups excluding carboxylic acids is 1. The van der Waals surface area contributed by atoms with Crippen LogP contribution in [0.5, 0.6) is 11.6 Å². The van der Waals surface area contributed by atoms with Crippen LogP contribution < -0.4 is 20.1 Å². The Kier molecular flexibility index (Phi) is 6.94. The van der Waals surface area contributed by atoms with Gasteiger partial charge in [0.25, 0.3) is 5.91 Å². The highest BCUT2D eigenvalue weighted by molar-refractivity contribution is 6.31. The van der Waals surface area contributed by atoms with Crippen LogP contribution in [0.15, 0.2) is 24.4 Å². The summed E-state index contributed by atoms with van der Waals surface area (Å²) in [5, 5.41) is 6.62. The van der Waals surface area contributed by atoms with E-state index in [1.807, 2.05) is 0 Å². The van der Waals surface area contributed by atoms with Gasteiger partial charge in [-0.2, -0.15) is 0 Å². The molecule has 1 unspecified atom stereocenters. The summed E-state index contributed by atoms with van der Waals surface area (Å²) in [5.74, 6) is 1.22. The Balaban J connectivity index is 1.14. The van der Waals surface area contributed by atoms with Gasteiger partial charge in [0.1, 0.15) is 5.82 Å². The van der Waals surface area contributed by atoms with Crippen molar-refractivity contribution in [2.24, 2.45) is 5.92 Å². The van der Waals surface area contributed by atoms with E-state index < -0.39 is 0 Å². The molecule has 3 aromatic heterocycles. The molecular weight excluding hydrogens is 475 g/mol. The number of pyridine rings is 3. The molecule has 0 radical (unpaired) electrons. The summed E-state index contributed by atoms with van der Waals surface area (Å²) in [7, 11) is 1.54. The minimum atomic E-state index is -0.341. The Hall–Kier alpha value is -3.08. The highest BCUT2D eigenvalue weighted by atomic mass is 35.5. The molecule has 1 fully saturated rings. The Morgan fingerprint density at radius 3 is 3.11 bits per heavy atom. The molecule has 2 aliphatic heterocycles. The summed E-state index contributed by atoms with van der Waals surface area (Å²) in [6.45, 7) is 3.87. The van der Waals surface area contributed by atoms with Gasteiger partial charge in [-0.3, -0.25) is 9.78 Å². The van der Waals surface area contributed by atoms with Crippen molar-refractivity contribution in [3.8, 4) is 11.6 Å². The maximum Gasteiger partial charge on any atom is 0.263 e. The van der Waals surface area contributed by atoms with Crippen LogP contribution in [-0.4, -0.2) is 65.7 Å². The summed E-state index contributed by atoms with van der Waals surface area (Å²) < 4.78 is 25.1. The molecule has 0 spiro atoms. The Bertz CT molecular complexity index is 1260. The SMILES string of the molecule is COc1ccc2ncc(F)c(CCN3CCC(CNCc4nc5c(cc4Cl)OCC(=O)N5)C3)c2n1. The van der Waals surface area contributed by atoms with Crippen LogP contribution >= 0.6 is 11.6 Å². The third-order valence-electron chi connectivity index (χ3n) is 6.35. The van der Waals surface area contributed by atoms with Crippen LogP contribution in [0.1, 0.15) is 17.7 Å². The maximum atomic E-state index is 14.6. The number of nitrogens with zero attached hydrogens (tertiary/aromatic N) is 4. The Morgan fingerprint density at radius 1 is 1.37 bits per heavy atom. The lowest BCUT2D eigenvalue weighted by atomic mass is 10.1. The average Bonchev–Trinajstić information content (AvgIpc) is 3.31. The van der Waals surface area contributed by atoms with E-state index in [9.17, 15) is 9.18 Å². The highest BCUT2D eigenvalue weighted by Crippen LogP contribution is 2.30. The molecule has 0 bridgehead atoms. The van der Waals surface area contributed by atoms with E-state index in [-0.39, 0.29) is 18.3 Å². The first-order valence-corrected chi connectivity index (χ1v) is 11.9. The molecule has 9 nitrogen and oxygen atoms in total. The van der Waals surface area contributed by atoms with Crippen LogP contribution in [0.25, 0.3) is 11.0 Å². The number of fused-ring (bicyclic) bond motifs is 2. The predicted octanol–water partition coefficient (Wildman–Crippen LogP) is 2.81. The monoisotopic (exact) mass is 500 g/mol. The van der Waals surface area contributed by atoms with Crippen molar-refractivity contribution >= 4 is 34.4 Å². The van der Waals surface area contributed by atoms with Gasteiger partial charge in [-0.1, -0.05) is 11.6 Å². The number of halogens is 2. The summed E-state index contributed by atoms with van der Waals surface area (Å²) in [4.78, 5) is 26.9. The fraction of sp³-hybridized carbons (Fsp3) is 0.417. The average molecular weight is 501 g/mol. The smallest absolute Gasteiger partial charge is 0.263 e. The molecule has 11 heteroatoms. The van der Waals surface area contributed by atoms with Crippen molar-refractivity contribution in [2.45, 2.75) is 19.4 Å². The largest absolute Gasteiger partial charge is 0.481 e. The number of anilines is 1. The summed E-state index contributed by atoms with van der Waals surface area (Å²) in [5.41, 5.74) is 2.44. The molecular formula is C24H26ClFN6O3. The second-order valence-electron chi connectivity index (χ2n) is 8.74. The van der Waals surface area contributed by atoms with Crippen molar-refractivity contribution in [1.29, 1.82) is 0 Å². The van der Waals surface area contributed by atoms with Crippen LogP contribution in [-0.2, 0) is 17.8 Å². The summed E-state index contributed by atoms with van der Waals surface area (Å²) >= 11 is 6.34. The van der Waals surface area contributed by atoms with E-state index in [1.165, 1.54) is 6.20 Å². The number of ether oxygens (including phenoxy) is 2. The molecule has 2 N–H and O–H groups in total. The van der Waals surface area contributed by atoms with Gasteiger partial charge in [-0.25, -0.2) is 14.4 Å². The van der Waals surface area contributed by atoms with E-state index in [0.29, 0.717) is 63.6 Å². The van der Waals surface area contributed by atoms with Crippen molar-refractivity contribution in [3.05, 3.63) is 46.5 Å². The van der Waals surface area contributed by atoms with Crippen LogP contribution in [0.3, 0.4) is 0 Å². The molecule has 2 aliphatic rings. The molecule has 0 aliphatic carbocycles. The first kappa shape index (κ1) is 23.7. The van der Waals surface area contributed by atoms with Crippen molar-refractivity contribution in [1.82, 2.24) is 25.2 Å². The van der Waals surface area contributed by atoms with Crippen molar-refractivity contribution in [2.75, 3.05) is 45.2 Å². The lowest BCUT2D eigenvalue weighted by Gasteiger charge is -2.19. The molecule has 1 atom stereocenters. The zero-order valence-electron chi connectivity index (χ0n) is 19.3. The van der Waals surface area contributed by atoms with E-state index in [1.54, 1.807) is 25.3 Å². The molecule has 0 aromatic carbocycles. The second kappa shape index (κ2) is 10.3. The quantitative estimate of drug-likeness (QED) is 0.487. The molecule has 184 valence electrons. The molecule has 5 rings (SSSR count). The summed E-state index contributed by atoms with van der Waals surface area (Å²) in [6, 6.07) is 5.21. The fourth-order valence-corrected chi connectivity index (χ4v) is 4.73. The van der Waals surface area contributed by atoms with Gasteiger partial charge >= 0.3 is 0 Å². The van der Waals surface area contributed by atoms with Gasteiger partial charge in [0.05, 0.1) is 35.1 Å². The number of likely N-dealkylation sites (tertiary alicyclic amines) is 1. The molecule has 35 heavy (non-hydrogen) atoms. The molecule has 5 heterocycles. The molecule has 0 saturated carbocycles. The van der Waals surface area contributed by atoms with Crippen molar-refractivity contribution in [3.63, 3.8) is 0 Å². The van der Waals surface area contributed by atoms with E-state index in [2.05, 4.69) is 30.5 Å². The maximum absolute atomic E-state index is 14.6. The third-order valence-corrected chi connectivity index (χ3v) is 6.68. The number of amides is 1. The van der Waals surface area contributed by atoms with Crippen LogP contribution in [0.4, 0.5) is 10.2 Å². The second-order valence-corrected chi connectivity index (χ2v) is 9.15. The minimum absolute atomic E-state index is 0.0322. The lowest BCUT2D eigenvalue weighted by Crippen LogP contribution is -2.29. The molecule has 1 saturated heterocycles. The topological polar surface area (TPSA) is 102 Å². The third kappa shape index (κ3) is 5.29. The normalized spacial score (nSPS) is 17.8. The van der Waals surface area contributed by atoms with Gasteiger partial charge in [0.2, 0.25) is 5.88 Å². The van der Waals surface area contributed by atoms with Gasteiger partial charge in [0, 0.05) is 37.3 Å². The van der Waals surface area contributed by atoms with E-state index in [0.717, 1.165) is 32.6 Å². The fourth-order valence-electron chi connectivity index (χ4n) is 4.52. The number of hydrogen-bond acceptors (Lipinski definition) is 8. The molecule has 1 amide bonds. The summed E-state index contributed by atoms with van der Waals surface area (Å²) in [6.07, 6.45) is 2.86. The predicted molar refractivity (Wildman–Crippen MR) is 129 cm³/mol. The van der Waals surface area contributed by atoms with Crippen molar-refractivity contribution < 1.29 is 18.7 Å². The number of methoxy groups -OCH3 is 1. The number of nitrogens with one attached hydrogen (secondary N) is 2. The van der Waals surface area contributed by atoms with Crippen LogP contribution in [0, 0.1) is 11.7 Å². The Labute approximate surface area is 207 Å². The van der Waals surface area contributed by atoms with E-state index >= 15 is 0 Å². The lowest BCUT2D eigenvalue weighted by molar-refractivity contribution is -0.118. The first-order chi connectivity index (χ1) is 17.0. The minimum Gasteiger partial charge on any atom is -0.481 e. The molecule has 3 aromatic rings. The standard InChI is InChI=1S/C24H26ClFN6O3/c1-34-22-3-2-18-23(31-22)15(17(26)10-28-18)5-7-32-6-4-14(12-32)9-27-11-19-16(25)8-20-24(29-19)30-21(33)13-35-20/h2-3,8,10,14,27H,4-7,9,11-13H2,1H3,(H,29,30,33). The number of hydrogen-bond donors (Lipinski definition) is 2. The zero-order valence-corrected chi connectivity index (χ0v) is 20.1. The van der Waals surface area contributed by atoms with E-state index in [4.69, 9.17) is 21.1 Å². The van der Waals surface area contributed by atoms with Gasteiger partial charge in [0.15, 0.2) is 18.2 Å². The van der Waals surface area contributed by atoms with Crippen LogP contribution in [0.2, 0.25) is 5.02 Å². The number of aromatic nitrogens is 3. The number of carbonyl (C=O) groups is 1. The number of rotatable bonds is 8. The van der Waals surface area contributed by atoms with Gasteiger partial charge < -0.3 is 25.0 Å². The first-order valence-electron chi connectivity index (χ1n) is 11.5. The van der Waals surface area contributed by atoms with Gasteiger partial charge in [-0.15, -0.1) is 0 Å². The highest BCUT2D eigenvalue weighted by Gasteiger charge is 2.24.